The number of nitro benzene ring substituents is 1. The van der Waals surface area contributed by atoms with Crippen molar-refractivity contribution in [3.8, 4) is 5.75 Å². The van der Waals surface area contributed by atoms with E-state index in [1.54, 1.807) is 26.0 Å². The molecular weight excluding hydrogens is 447 g/mol. The van der Waals surface area contributed by atoms with Gasteiger partial charge >= 0.3 is 0 Å². The number of halogens is 2. The van der Waals surface area contributed by atoms with Gasteiger partial charge in [-0.25, -0.2) is 0 Å². The van der Waals surface area contributed by atoms with Crippen LogP contribution in [0.2, 0.25) is 10.0 Å². The van der Waals surface area contributed by atoms with E-state index in [9.17, 15) is 19.7 Å². The Bertz CT molecular complexity index is 984. The third kappa shape index (κ3) is 6.55. The van der Waals surface area contributed by atoms with Crippen molar-refractivity contribution in [3.63, 3.8) is 0 Å². The molecule has 0 aliphatic heterocycles. The van der Waals surface area contributed by atoms with Crippen LogP contribution in [0.4, 0.5) is 11.4 Å². The highest BCUT2D eigenvalue weighted by atomic mass is 35.5. The van der Waals surface area contributed by atoms with E-state index in [1.165, 1.54) is 18.2 Å². The highest BCUT2D eigenvalue weighted by molar-refractivity contribution is 6.34. The summed E-state index contributed by atoms with van der Waals surface area (Å²) in [5.74, 6) is -1.09. The molecule has 2 aromatic rings. The molecule has 0 aromatic heterocycles. The fraction of sp³-hybridized carbons (Fsp3) is 0.300. The van der Waals surface area contributed by atoms with Gasteiger partial charge < -0.3 is 21.1 Å². The van der Waals surface area contributed by atoms with Crippen LogP contribution in [0.5, 0.6) is 5.75 Å². The smallest absolute Gasteiger partial charge is 0.271 e. The maximum atomic E-state index is 12.9. The summed E-state index contributed by atoms with van der Waals surface area (Å²) < 4.78 is 5.49. The van der Waals surface area contributed by atoms with E-state index < -0.39 is 22.8 Å². The molecule has 4 N–H and O–H groups in total. The van der Waals surface area contributed by atoms with Gasteiger partial charge in [0.1, 0.15) is 18.4 Å². The number of ether oxygens (including phenoxy) is 1. The summed E-state index contributed by atoms with van der Waals surface area (Å²) in [5, 5.41) is 16.4. The molecule has 0 saturated heterocycles. The second kappa shape index (κ2) is 10.9. The monoisotopic (exact) mass is 468 g/mol. The van der Waals surface area contributed by atoms with Crippen LogP contribution in [-0.2, 0) is 4.79 Å². The normalized spacial score (nSPS) is 11.7. The number of non-ortho nitro benzene ring substituents is 1. The highest BCUT2D eigenvalue weighted by Crippen LogP contribution is 2.27. The number of hydrogen-bond acceptors (Lipinski definition) is 6. The zero-order valence-corrected chi connectivity index (χ0v) is 18.4. The van der Waals surface area contributed by atoms with Gasteiger partial charge in [0.25, 0.3) is 11.6 Å². The average molecular weight is 469 g/mol. The molecule has 0 spiro atoms. The first-order chi connectivity index (χ1) is 14.6. The van der Waals surface area contributed by atoms with Crippen LogP contribution in [0, 0.1) is 16.0 Å². The zero-order valence-electron chi connectivity index (χ0n) is 16.9. The van der Waals surface area contributed by atoms with Crippen LogP contribution in [-0.4, -0.2) is 35.9 Å². The average Bonchev–Trinajstić information content (AvgIpc) is 2.71. The van der Waals surface area contributed by atoms with Crippen molar-refractivity contribution in [2.24, 2.45) is 11.7 Å². The molecule has 0 saturated carbocycles. The van der Waals surface area contributed by atoms with E-state index >= 15 is 0 Å². The van der Waals surface area contributed by atoms with Crippen LogP contribution in [0.1, 0.15) is 24.2 Å². The summed E-state index contributed by atoms with van der Waals surface area (Å²) in [6, 6.07) is 7.31. The molecule has 0 unspecified atom stereocenters. The molecular formula is C20H22Cl2N4O5. The van der Waals surface area contributed by atoms with Gasteiger partial charge in [0, 0.05) is 23.7 Å². The first kappa shape index (κ1) is 24.4. The Kier molecular flexibility index (Phi) is 8.61. The Hall–Kier alpha value is -2.88. The molecule has 2 aromatic carbocycles. The SMILES string of the molecule is CC(C)[C@H](NC(=O)c1cc(Cl)ccc1OCCN)C(=O)Nc1ccc([N+](=O)[O-])cc1Cl. The van der Waals surface area contributed by atoms with Gasteiger partial charge in [-0.2, -0.15) is 0 Å². The maximum Gasteiger partial charge on any atom is 0.271 e. The van der Waals surface area contributed by atoms with Gasteiger partial charge in [0.2, 0.25) is 5.91 Å². The number of anilines is 1. The predicted molar refractivity (Wildman–Crippen MR) is 119 cm³/mol. The summed E-state index contributed by atoms with van der Waals surface area (Å²) in [4.78, 5) is 36.0. The van der Waals surface area contributed by atoms with E-state index in [-0.39, 0.29) is 46.8 Å². The molecule has 0 radical (unpaired) electrons. The molecule has 166 valence electrons. The minimum atomic E-state index is -0.930. The van der Waals surface area contributed by atoms with Gasteiger partial charge in [0.05, 0.1) is 21.2 Å². The van der Waals surface area contributed by atoms with Crippen LogP contribution in [0.15, 0.2) is 36.4 Å². The van der Waals surface area contributed by atoms with Crippen LogP contribution in [0.25, 0.3) is 0 Å². The number of amides is 2. The molecule has 0 aliphatic rings. The predicted octanol–water partition coefficient (Wildman–Crippen LogP) is 3.63. The number of nitrogens with zero attached hydrogens (tertiary/aromatic N) is 1. The minimum Gasteiger partial charge on any atom is -0.491 e. The van der Waals surface area contributed by atoms with Gasteiger partial charge in [-0.05, 0) is 30.2 Å². The molecule has 31 heavy (non-hydrogen) atoms. The van der Waals surface area contributed by atoms with E-state index in [1.807, 2.05) is 0 Å². The van der Waals surface area contributed by atoms with Crippen molar-refractivity contribution < 1.29 is 19.2 Å². The number of rotatable bonds is 9. The van der Waals surface area contributed by atoms with Gasteiger partial charge in [-0.3, -0.25) is 19.7 Å². The number of benzene rings is 2. The molecule has 2 rings (SSSR count). The van der Waals surface area contributed by atoms with Crippen molar-refractivity contribution in [1.29, 1.82) is 0 Å². The molecule has 0 bridgehead atoms. The fourth-order valence-electron chi connectivity index (χ4n) is 2.66. The Morgan fingerprint density at radius 2 is 1.90 bits per heavy atom. The number of hydrogen-bond donors (Lipinski definition) is 3. The van der Waals surface area contributed by atoms with E-state index in [0.29, 0.717) is 5.02 Å². The van der Waals surface area contributed by atoms with Gasteiger partial charge in [0.15, 0.2) is 0 Å². The minimum absolute atomic E-state index is 0.00342. The second-order valence-corrected chi connectivity index (χ2v) is 7.73. The Morgan fingerprint density at radius 3 is 2.48 bits per heavy atom. The summed E-state index contributed by atoms with van der Waals surface area (Å²) in [6.07, 6.45) is 0. The number of nitrogens with two attached hydrogens (primary N) is 1. The molecule has 2 amide bonds. The lowest BCUT2D eigenvalue weighted by Gasteiger charge is -2.22. The van der Waals surface area contributed by atoms with Crippen molar-refractivity contribution in [3.05, 3.63) is 62.1 Å². The number of nitrogens with one attached hydrogen (secondary N) is 2. The number of carbonyl (C=O) groups excluding carboxylic acids is 2. The van der Waals surface area contributed by atoms with Crippen LogP contribution >= 0.6 is 23.2 Å². The molecule has 11 heteroatoms. The summed E-state index contributed by atoms with van der Waals surface area (Å²) in [5.41, 5.74) is 5.59. The second-order valence-electron chi connectivity index (χ2n) is 6.88. The lowest BCUT2D eigenvalue weighted by Crippen LogP contribution is -2.47. The highest BCUT2D eigenvalue weighted by Gasteiger charge is 2.27. The molecule has 0 aliphatic carbocycles. The largest absolute Gasteiger partial charge is 0.491 e. The molecule has 0 fully saturated rings. The molecule has 9 nitrogen and oxygen atoms in total. The quantitative estimate of drug-likeness (QED) is 0.379. The third-order valence-electron chi connectivity index (χ3n) is 4.22. The van der Waals surface area contributed by atoms with Crippen molar-refractivity contribution >= 4 is 46.4 Å². The molecule has 0 heterocycles. The van der Waals surface area contributed by atoms with E-state index in [0.717, 1.165) is 6.07 Å². The lowest BCUT2D eigenvalue weighted by atomic mass is 10.0. The van der Waals surface area contributed by atoms with Gasteiger partial charge in [-0.1, -0.05) is 37.0 Å². The van der Waals surface area contributed by atoms with E-state index in [2.05, 4.69) is 10.6 Å². The van der Waals surface area contributed by atoms with Crippen LogP contribution in [0.3, 0.4) is 0 Å². The lowest BCUT2D eigenvalue weighted by molar-refractivity contribution is -0.384. The first-order valence-corrected chi connectivity index (χ1v) is 10.1. The number of carbonyl (C=O) groups is 2. The maximum absolute atomic E-state index is 12.9. The fourth-order valence-corrected chi connectivity index (χ4v) is 3.05. The Balaban J connectivity index is 2.21. The first-order valence-electron chi connectivity index (χ1n) is 9.32. The van der Waals surface area contributed by atoms with Crippen molar-refractivity contribution in [2.75, 3.05) is 18.5 Å². The topological polar surface area (TPSA) is 137 Å². The number of nitro groups is 1. The Morgan fingerprint density at radius 1 is 1.19 bits per heavy atom. The van der Waals surface area contributed by atoms with Crippen LogP contribution < -0.4 is 21.1 Å². The Labute approximate surface area is 189 Å². The third-order valence-corrected chi connectivity index (χ3v) is 4.77. The van der Waals surface area contributed by atoms with E-state index in [4.69, 9.17) is 33.7 Å². The van der Waals surface area contributed by atoms with Crippen molar-refractivity contribution in [2.45, 2.75) is 19.9 Å². The van der Waals surface area contributed by atoms with Gasteiger partial charge in [-0.15, -0.1) is 0 Å². The molecule has 1 atom stereocenters. The van der Waals surface area contributed by atoms with Crippen molar-refractivity contribution in [1.82, 2.24) is 5.32 Å². The summed E-state index contributed by atoms with van der Waals surface area (Å²) in [7, 11) is 0. The summed E-state index contributed by atoms with van der Waals surface area (Å²) >= 11 is 12.1. The zero-order chi connectivity index (χ0) is 23.1. The summed E-state index contributed by atoms with van der Waals surface area (Å²) in [6.45, 7) is 3.98. The standard InChI is InChI=1S/C20H22Cl2N4O5/c1-11(2)18(20(28)24-16-5-4-13(26(29)30)10-15(16)22)25-19(27)14-9-12(21)3-6-17(14)31-8-7-23/h3-6,9-11,18H,7-8,23H2,1-2H3,(H,24,28)(H,25,27)/t18-/m0/s1.